The van der Waals surface area contributed by atoms with Crippen LogP contribution in [0.3, 0.4) is 0 Å². The Balaban J connectivity index is 0.000000339. The molecule has 2 nitrogen and oxygen atoms in total. The van der Waals surface area contributed by atoms with Crippen molar-refractivity contribution in [1.29, 1.82) is 0 Å². The topological polar surface area (TPSA) is 16.8 Å². The standard InChI is InChI=1S/C22H19N2.F6P/c1-24-20-15-9-8-14-19(20)22(18-12-6-3-7-13-18)23-21(24)16-17-10-4-2-5-11-17;1-7(2,3,4,5)6/h2-15H,16H2,1H3;/q+1;-1. The van der Waals surface area contributed by atoms with E-state index in [1.165, 1.54) is 16.5 Å². The van der Waals surface area contributed by atoms with Crippen molar-refractivity contribution < 1.29 is 29.7 Å². The molecule has 0 radical (unpaired) electrons. The van der Waals surface area contributed by atoms with Gasteiger partial charge < -0.3 is 0 Å². The normalized spacial score (nSPS) is 13.6. The van der Waals surface area contributed by atoms with E-state index in [4.69, 9.17) is 4.98 Å². The van der Waals surface area contributed by atoms with Gasteiger partial charge in [0, 0.05) is 5.56 Å². The minimum atomic E-state index is -10.7. The van der Waals surface area contributed by atoms with E-state index in [1.807, 2.05) is 12.1 Å². The van der Waals surface area contributed by atoms with Gasteiger partial charge in [0.25, 0.3) is 0 Å². The molecule has 0 saturated heterocycles. The molecule has 0 bridgehead atoms. The fourth-order valence-electron chi connectivity index (χ4n) is 3.12. The first-order valence-corrected chi connectivity index (χ1v) is 11.2. The number of aryl methyl sites for hydroxylation is 1. The van der Waals surface area contributed by atoms with Gasteiger partial charge in [0.1, 0.15) is 5.52 Å². The summed E-state index contributed by atoms with van der Waals surface area (Å²) in [5, 5.41) is 1.18. The molecule has 1 heterocycles. The molecule has 0 aliphatic rings. The van der Waals surface area contributed by atoms with Gasteiger partial charge >= 0.3 is 38.8 Å². The number of fused-ring (bicyclic) bond motifs is 1. The second-order valence-electron chi connectivity index (χ2n) is 6.94. The first-order chi connectivity index (χ1) is 14.3. The number of hydrogen-bond acceptors (Lipinski definition) is 1. The molecule has 4 rings (SSSR count). The maximum atomic E-state index is 9.87. The Kier molecular flexibility index (Phi) is 5.57. The van der Waals surface area contributed by atoms with E-state index < -0.39 is 7.81 Å². The molecule has 0 atom stereocenters. The van der Waals surface area contributed by atoms with Crippen molar-refractivity contribution in [1.82, 2.24) is 4.98 Å². The maximum absolute atomic E-state index is 10.7. The average Bonchev–Trinajstić information content (AvgIpc) is 2.69. The number of nitrogens with zero attached hydrogens (tertiary/aromatic N) is 2. The molecule has 31 heavy (non-hydrogen) atoms. The van der Waals surface area contributed by atoms with Gasteiger partial charge in [-0.1, -0.05) is 72.8 Å². The van der Waals surface area contributed by atoms with E-state index in [2.05, 4.69) is 84.4 Å². The van der Waals surface area contributed by atoms with Gasteiger partial charge in [-0.25, -0.2) is 4.57 Å². The molecule has 0 amide bonds. The van der Waals surface area contributed by atoms with Crippen molar-refractivity contribution in [2.75, 3.05) is 0 Å². The minimum absolute atomic E-state index is 0.821. The van der Waals surface area contributed by atoms with Crippen LogP contribution in [0.5, 0.6) is 0 Å². The van der Waals surface area contributed by atoms with Gasteiger partial charge in [-0.2, -0.15) is 0 Å². The van der Waals surface area contributed by atoms with Crippen LogP contribution >= 0.6 is 7.81 Å². The van der Waals surface area contributed by atoms with Gasteiger partial charge in [0.05, 0.1) is 18.9 Å². The first-order valence-electron chi connectivity index (χ1n) is 9.21. The molecule has 1 aromatic heterocycles. The molecule has 0 saturated carbocycles. The summed E-state index contributed by atoms with van der Waals surface area (Å²) in [6, 6.07) is 29.4. The number of benzene rings is 3. The summed E-state index contributed by atoms with van der Waals surface area (Å²) < 4.78 is 61.4. The van der Waals surface area contributed by atoms with Crippen LogP contribution in [0.25, 0.3) is 22.2 Å². The van der Waals surface area contributed by atoms with Crippen LogP contribution in [0.1, 0.15) is 11.4 Å². The zero-order valence-corrected chi connectivity index (χ0v) is 17.3. The number of hydrogen-bond donors (Lipinski definition) is 0. The monoisotopic (exact) mass is 456 g/mol. The third-order valence-corrected chi connectivity index (χ3v) is 4.40. The molecule has 9 heteroatoms. The molecule has 0 aliphatic heterocycles. The Labute approximate surface area is 175 Å². The summed E-state index contributed by atoms with van der Waals surface area (Å²) in [5.41, 5.74) is 4.69. The van der Waals surface area contributed by atoms with Crippen molar-refractivity contribution in [3.05, 3.63) is 96.3 Å². The van der Waals surface area contributed by atoms with E-state index in [-0.39, 0.29) is 0 Å². The van der Waals surface area contributed by atoms with E-state index in [0.717, 1.165) is 23.5 Å². The summed E-state index contributed by atoms with van der Waals surface area (Å²) in [6.07, 6.45) is 0.821. The average molecular weight is 456 g/mol. The summed E-state index contributed by atoms with van der Waals surface area (Å²) in [7, 11) is -8.56. The summed E-state index contributed by atoms with van der Waals surface area (Å²) >= 11 is 0. The van der Waals surface area contributed by atoms with Crippen LogP contribution in [-0.4, -0.2) is 4.98 Å². The van der Waals surface area contributed by atoms with Crippen molar-refractivity contribution in [2.45, 2.75) is 6.42 Å². The van der Waals surface area contributed by atoms with E-state index in [9.17, 15) is 25.2 Å². The quantitative estimate of drug-likeness (QED) is 0.175. The molecule has 164 valence electrons. The predicted octanol–water partition coefficient (Wildman–Crippen LogP) is 7.70. The van der Waals surface area contributed by atoms with Crippen LogP contribution in [0.15, 0.2) is 84.9 Å². The first kappa shape index (κ1) is 22.7. The van der Waals surface area contributed by atoms with Gasteiger partial charge in [-0.3, -0.25) is 0 Å². The van der Waals surface area contributed by atoms with Crippen LogP contribution in [-0.2, 0) is 13.5 Å². The molecule has 0 unspecified atom stereocenters. The Morgan fingerprint density at radius 2 is 1.19 bits per heavy atom. The fraction of sp³-hybridized carbons (Fsp3) is 0.0909. The molecular weight excluding hydrogens is 437 g/mol. The Hall–Kier alpha value is -2.99. The zero-order chi connectivity index (χ0) is 22.8. The Morgan fingerprint density at radius 1 is 0.710 bits per heavy atom. The molecule has 0 fully saturated rings. The molecule has 4 aromatic rings. The third kappa shape index (κ3) is 7.33. The number of rotatable bonds is 3. The van der Waals surface area contributed by atoms with Crippen LogP contribution in [0.4, 0.5) is 25.2 Å². The molecule has 0 spiro atoms. The van der Waals surface area contributed by atoms with Crippen molar-refractivity contribution in [3.8, 4) is 11.3 Å². The summed E-state index contributed by atoms with van der Waals surface area (Å²) in [4.78, 5) is 5.03. The summed E-state index contributed by atoms with van der Waals surface area (Å²) in [5.74, 6) is 1.07. The fourth-order valence-corrected chi connectivity index (χ4v) is 3.12. The Bertz CT molecular complexity index is 1180. The van der Waals surface area contributed by atoms with Gasteiger partial charge in [-0.15, -0.1) is 0 Å². The van der Waals surface area contributed by atoms with Crippen molar-refractivity contribution in [2.24, 2.45) is 7.05 Å². The van der Waals surface area contributed by atoms with Crippen LogP contribution in [0, 0.1) is 0 Å². The van der Waals surface area contributed by atoms with E-state index in [1.54, 1.807) is 0 Å². The second kappa shape index (κ2) is 7.61. The molecule has 0 N–H and O–H groups in total. The van der Waals surface area contributed by atoms with Gasteiger partial charge in [-0.05, 0) is 22.7 Å². The Morgan fingerprint density at radius 3 is 1.77 bits per heavy atom. The second-order valence-corrected chi connectivity index (χ2v) is 8.86. The summed E-state index contributed by atoms with van der Waals surface area (Å²) in [6.45, 7) is 0. The van der Waals surface area contributed by atoms with E-state index in [0.29, 0.717) is 0 Å². The zero-order valence-electron chi connectivity index (χ0n) is 16.4. The number of para-hydroxylation sites is 1. The van der Waals surface area contributed by atoms with Gasteiger partial charge in [0.15, 0.2) is 5.69 Å². The van der Waals surface area contributed by atoms with Crippen molar-refractivity contribution in [3.63, 3.8) is 0 Å². The molecule has 0 aliphatic carbocycles. The van der Waals surface area contributed by atoms with Crippen LogP contribution < -0.4 is 4.57 Å². The van der Waals surface area contributed by atoms with Crippen molar-refractivity contribution >= 4 is 18.7 Å². The van der Waals surface area contributed by atoms with E-state index >= 15 is 0 Å². The number of aromatic nitrogens is 2. The van der Waals surface area contributed by atoms with Crippen LogP contribution in [0.2, 0.25) is 0 Å². The SMILES string of the molecule is C[n+]1c(Cc2ccccc2)nc(-c2ccccc2)c2ccccc21.F[P-](F)(F)(F)(F)F. The molecule has 3 aromatic carbocycles. The predicted molar refractivity (Wildman–Crippen MR) is 111 cm³/mol. The van der Waals surface area contributed by atoms with Gasteiger partial charge in [0.2, 0.25) is 0 Å². The third-order valence-electron chi connectivity index (χ3n) is 4.40. The molecular formula is C22H19F6N2P. The number of halogens is 6.